The zero-order valence-electron chi connectivity index (χ0n) is 12.2. The van der Waals surface area contributed by atoms with Gasteiger partial charge in [-0.25, -0.2) is 0 Å². The van der Waals surface area contributed by atoms with Crippen molar-refractivity contribution in [1.82, 2.24) is 10.3 Å². The average Bonchev–Trinajstić information content (AvgIpc) is 3.05. The van der Waals surface area contributed by atoms with Gasteiger partial charge in [-0.3, -0.25) is 9.78 Å². The number of carbonyl (C=O) groups is 1. The van der Waals surface area contributed by atoms with E-state index in [9.17, 15) is 9.90 Å². The Morgan fingerprint density at radius 2 is 2.36 bits per heavy atom. The third kappa shape index (κ3) is 3.27. The van der Waals surface area contributed by atoms with Crippen molar-refractivity contribution >= 4 is 5.91 Å². The Morgan fingerprint density at radius 1 is 1.50 bits per heavy atom. The molecule has 0 unspecified atom stereocenters. The van der Waals surface area contributed by atoms with Crippen LogP contribution in [0.2, 0.25) is 0 Å². The van der Waals surface area contributed by atoms with E-state index in [1.165, 1.54) is 0 Å². The van der Waals surface area contributed by atoms with E-state index in [2.05, 4.69) is 10.3 Å². The number of aliphatic hydroxyl groups excluding tert-OH is 1. The molecule has 4 N–H and O–H groups in total. The average molecular weight is 307 g/mol. The van der Waals surface area contributed by atoms with E-state index >= 15 is 0 Å². The van der Waals surface area contributed by atoms with Gasteiger partial charge in [-0.2, -0.15) is 0 Å². The number of carbonyl (C=O) groups excluding carboxylic acids is 1. The summed E-state index contributed by atoms with van der Waals surface area (Å²) in [6.45, 7) is 0.717. The van der Waals surface area contributed by atoms with E-state index in [0.717, 1.165) is 5.56 Å². The van der Waals surface area contributed by atoms with Gasteiger partial charge in [0.05, 0.1) is 24.7 Å². The van der Waals surface area contributed by atoms with E-state index in [1.807, 2.05) is 12.1 Å². The molecule has 1 amide bonds. The summed E-state index contributed by atoms with van der Waals surface area (Å²) in [5, 5.41) is 12.9. The lowest BCUT2D eigenvalue weighted by atomic mass is 10.1. The Morgan fingerprint density at radius 3 is 3.05 bits per heavy atom. The first-order valence-corrected chi connectivity index (χ1v) is 7.52. The molecule has 0 spiro atoms. The van der Waals surface area contributed by atoms with Crippen LogP contribution < -0.4 is 11.1 Å². The zero-order valence-corrected chi connectivity index (χ0v) is 12.2. The summed E-state index contributed by atoms with van der Waals surface area (Å²) in [6.07, 6.45) is 2.44. The molecule has 1 aromatic rings. The van der Waals surface area contributed by atoms with Crippen molar-refractivity contribution < 1.29 is 19.4 Å². The van der Waals surface area contributed by atoms with E-state index in [-0.39, 0.29) is 43.3 Å². The molecule has 0 aliphatic carbocycles. The number of aliphatic hydroxyl groups is 1. The minimum atomic E-state index is -0.710. The van der Waals surface area contributed by atoms with E-state index in [4.69, 9.17) is 15.2 Å². The van der Waals surface area contributed by atoms with Crippen molar-refractivity contribution in [2.75, 3.05) is 6.54 Å². The smallest absolute Gasteiger partial charge is 0.222 e. The van der Waals surface area contributed by atoms with Crippen LogP contribution in [-0.2, 0) is 20.8 Å². The fourth-order valence-electron chi connectivity index (χ4n) is 3.02. The molecule has 2 aliphatic rings. The van der Waals surface area contributed by atoms with Crippen molar-refractivity contribution in [2.45, 2.75) is 49.9 Å². The van der Waals surface area contributed by atoms with Crippen molar-refractivity contribution in [2.24, 2.45) is 5.73 Å². The Balaban J connectivity index is 1.44. The predicted octanol–water partition coefficient (Wildman–Crippen LogP) is -0.668. The number of nitrogens with two attached hydrogens (primary N) is 1. The van der Waals surface area contributed by atoms with Gasteiger partial charge in [0, 0.05) is 31.9 Å². The maximum atomic E-state index is 12.0. The van der Waals surface area contributed by atoms with Gasteiger partial charge in [0.15, 0.2) is 0 Å². The van der Waals surface area contributed by atoms with Crippen LogP contribution in [0.3, 0.4) is 0 Å². The number of aromatic nitrogens is 1. The highest BCUT2D eigenvalue weighted by molar-refractivity contribution is 5.76. The molecule has 0 radical (unpaired) electrons. The van der Waals surface area contributed by atoms with Gasteiger partial charge in [0.1, 0.15) is 12.2 Å². The molecule has 2 aliphatic heterocycles. The summed E-state index contributed by atoms with van der Waals surface area (Å²) in [4.78, 5) is 16.0. The summed E-state index contributed by atoms with van der Waals surface area (Å²) >= 11 is 0. The van der Waals surface area contributed by atoms with Crippen molar-refractivity contribution in [3.05, 3.63) is 30.1 Å². The van der Waals surface area contributed by atoms with Crippen LogP contribution in [0.15, 0.2) is 24.5 Å². The Hall–Kier alpha value is -1.54. The lowest BCUT2D eigenvalue weighted by Gasteiger charge is -2.18. The second-order valence-electron chi connectivity index (χ2n) is 5.74. The number of hydrogen-bond donors (Lipinski definition) is 3. The first-order chi connectivity index (χ1) is 10.7. The Bertz CT molecular complexity index is 513. The van der Waals surface area contributed by atoms with Crippen LogP contribution in [-0.4, -0.2) is 53.1 Å². The minimum absolute atomic E-state index is 0.0845. The van der Waals surface area contributed by atoms with Crippen LogP contribution in [0.4, 0.5) is 0 Å². The van der Waals surface area contributed by atoms with Crippen LogP contribution in [0.1, 0.15) is 18.4 Å². The van der Waals surface area contributed by atoms with Gasteiger partial charge in [-0.05, 0) is 11.6 Å². The second kappa shape index (κ2) is 6.70. The fraction of sp³-hybridized carbons (Fsp3) is 0.600. The molecule has 0 bridgehead atoms. The molecular weight excluding hydrogens is 286 g/mol. The van der Waals surface area contributed by atoms with Gasteiger partial charge in [-0.1, -0.05) is 6.07 Å². The van der Waals surface area contributed by atoms with Crippen molar-refractivity contribution in [3.8, 4) is 0 Å². The standard InChI is InChI=1S/C15H21N3O4/c16-6-12-14(20)15-11(22-12)4-10(21-15)5-13(19)18-8-9-2-1-3-17-7-9/h1-3,7,10-12,14-15,20H,4-6,8,16H2,(H,18,19)/t10-,11+,12+,14+,15-/m0/s1. The molecule has 0 aromatic carbocycles. The highest BCUT2D eigenvalue weighted by Gasteiger charge is 2.50. The molecule has 120 valence electrons. The maximum absolute atomic E-state index is 12.0. The Kier molecular flexibility index (Phi) is 4.68. The van der Waals surface area contributed by atoms with E-state index in [0.29, 0.717) is 13.0 Å². The molecule has 22 heavy (non-hydrogen) atoms. The normalized spacial score (nSPS) is 33.6. The lowest BCUT2D eigenvalue weighted by Crippen LogP contribution is -2.37. The second-order valence-corrected chi connectivity index (χ2v) is 5.74. The van der Waals surface area contributed by atoms with Crippen LogP contribution in [0.5, 0.6) is 0 Å². The maximum Gasteiger partial charge on any atom is 0.222 e. The largest absolute Gasteiger partial charge is 0.388 e. The first kappa shape index (κ1) is 15.4. The van der Waals surface area contributed by atoms with Gasteiger partial charge < -0.3 is 25.6 Å². The summed E-state index contributed by atoms with van der Waals surface area (Å²) in [7, 11) is 0. The molecular formula is C15H21N3O4. The summed E-state index contributed by atoms with van der Waals surface area (Å²) < 4.78 is 11.4. The fourth-order valence-corrected chi connectivity index (χ4v) is 3.02. The van der Waals surface area contributed by atoms with Gasteiger partial charge in [0.25, 0.3) is 0 Å². The molecule has 1 aromatic heterocycles. The van der Waals surface area contributed by atoms with Crippen LogP contribution in [0.25, 0.3) is 0 Å². The highest BCUT2D eigenvalue weighted by Crippen LogP contribution is 2.35. The molecule has 3 rings (SSSR count). The Labute approximate surface area is 128 Å². The zero-order chi connectivity index (χ0) is 15.5. The number of amides is 1. The number of ether oxygens (including phenoxy) is 2. The quantitative estimate of drug-likeness (QED) is 0.666. The lowest BCUT2D eigenvalue weighted by molar-refractivity contribution is -0.124. The molecule has 3 heterocycles. The van der Waals surface area contributed by atoms with E-state index in [1.54, 1.807) is 12.4 Å². The SMILES string of the molecule is NC[C@H]1O[C@@H]2C[C@@H](CC(=O)NCc3cccnc3)O[C@@H]2[C@@H]1O. The monoisotopic (exact) mass is 307 g/mol. The van der Waals surface area contributed by atoms with Gasteiger partial charge >= 0.3 is 0 Å². The minimum Gasteiger partial charge on any atom is -0.388 e. The number of nitrogens with zero attached hydrogens (tertiary/aromatic N) is 1. The number of hydrogen-bond acceptors (Lipinski definition) is 6. The molecule has 7 heteroatoms. The van der Waals surface area contributed by atoms with Gasteiger partial charge in [-0.15, -0.1) is 0 Å². The first-order valence-electron chi connectivity index (χ1n) is 7.52. The molecule has 7 nitrogen and oxygen atoms in total. The number of rotatable bonds is 5. The third-order valence-corrected chi connectivity index (χ3v) is 4.14. The highest BCUT2D eigenvalue weighted by atomic mass is 16.6. The predicted molar refractivity (Wildman–Crippen MR) is 77.7 cm³/mol. The number of nitrogens with one attached hydrogen (secondary N) is 1. The van der Waals surface area contributed by atoms with Crippen molar-refractivity contribution in [3.63, 3.8) is 0 Å². The van der Waals surface area contributed by atoms with Gasteiger partial charge in [0.2, 0.25) is 5.91 Å². The molecule has 5 atom stereocenters. The number of fused-ring (bicyclic) bond motifs is 1. The summed E-state index contributed by atoms with van der Waals surface area (Å²) in [5.41, 5.74) is 6.48. The topological polar surface area (TPSA) is 107 Å². The summed E-state index contributed by atoms with van der Waals surface area (Å²) in [6, 6.07) is 3.73. The summed E-state index contributed by atoms with van der Waals surface area (Å²) in [5.74, 6) is -0.0845. The number of pyridine rings is 1. The van der Waals surface area contributed by atoms with Crippen LogP contribution in [0, 0.1) is 0 Å². The third-order valence-electron chi connectivity index (χ3n) is 4.14. The van der Waals surface area contributed by atoms with E-state index < -0.39 is 6.10 Å². The molecule has 0 saturated carbocycles. The molecule has 2 fully saturated rings. The molecule has 2 saturated heterocycles. The van der Waals surface area contributed by atoms with Crippen molar-refractivity contribution in [1.29, 1.82) is 0 Å². The van der Waals surface area contributed by atoms with Crippen LogP contribution >= 0.6 is 0 Å².